The Hall–Kier alpha value is 0.237. The summed E-state index contributed by atoms with van der Waals surface area (Å²) in [7, 11) is -1.78. The van der Waals surface area contributed by atoms with Crippen LogP contribution in [0, 0.1) is 0 Å². The molecule has 3 aliphatic heterocycles. The summed E-state index contributed by atoms with van der Waals surface area (Å²) in [5, 5.41) is 11.2. The fraction of sp³-hybridized carbons (Fsp3) is 0.923. The van der Waals surface area contributed by atoms with Gasteiger partial charge in [0, 0.05) is 4.83 Å². The Balaban J connectivity index is 1.44. The molecule has 0 aliphatic carbocycles. The zero-order valence-corrected chi connectivity index (χ0v) is 25.0. The van der Waals surface area contributed by atoms with E-state index < -0.39 is 20.0 Å². The molecule has 3 fully saturated rings. The summed E-state index contributed by atoms with van der Waals surface area (Å²) in [4.78, 5) is 0.312. The lowest BCUT2D eigenvalue weighted by molar-refractivity contribution is -0.205. The summed E-state index contributed by atoms with van der Waals surface area (Å²) in [6.07, 6.45) is 7.22. The van der Waals surface area contributed by atoms with Crippen LogP contribution in [0.25, 0.3) is 0 Å². The second-order valence-electron chi connectivity index (χ2n) is 13.2. The van der Waals surface area contributed by atoms with Crippen LogP contribution in [-0.4, -0.2) is 65.6 Å². The minimum absolute atomic E-state index is 0.0721. The fourth-order valence-electron chi connectivity index (χ4n) is 4.50. The molecule has 5 nitrogen and oxygen atoms in total. The van der Waals surface area contributed by atoms with E-state index in [1.807, 2.05) is 6.92 Å². The second kappa shape index (κ2) is 8.96. The van der Waals surface area contributed by atoms with Crippen LogP contribution < -0.4 is 0 Å². The molecular formula is C26H47BrO5Si. The van der Waals surface area contributed by atoms with Crippen molar-refractivity contribution in [1.29, 1.82) is 0 Å². The van der Waals surface area contributed by atoms with Crippen LogP contribution in [-0.2, 0) is 18.6 Å². The minimum Gasteiger partial charge on any atom is -0.414 e. The van der Waals surface area contributed by atoms with E-state index in [0.717, 1.165) is 19.3 Å². The molecule has 192 valence electrons. The van der Waals surface area contributed by atoms with E-state index >= 15 is 0 Å². The van der Waals surface area contributed by atoms with Crippen molar-refractivity contribution in [1.82, 2.24) is 0 Å². The van der Waals surface area contributed by atoms with Crippen LogP contribution in [0.1, 0.15) is 81.1 Å². The van der Waals surface area contributed by atoms with Gasteiger partial charge in [-0.2, -0.15) is 0 Å². The van der Waals surface area contributed by atoms with Gasteiger partial charge in [-0.05, 0) is 78.4 Å². The quantitative estimate of drug-likeness (QED) is 0.163. The van der Waals surface area contributed by atoms with Crippen LogP contribution in [0.5, 0.6) is 0 Å². The first kappa shape index (κ1) is 27.8. The number of halogens is 1. The van der Waals surface area contributed by atoms with Gasteiger partial charge in [0.25, 0.3) is 0 Å². The highest BCUT2D eigenvalue weighted by molar-refractivity contribution is 9.09. The standard InChI is InChI=1S/C26H47BrO5Si/c1-22(2,3)33(9,10)29-17-26(8)21(31-26)12-11-20-25(7,30-20)16-14-19(28)24(6)15-13-18(27)23(4,5)32-24/h11-12,18-21,28H,13-17H2,1-10H3/b12-11+/t18-,19-,20+,21+,24+,25+,26+/m1/s1. The van der Waals surface area contributed by atoms with E-state index in [1.165, 1.54) is 0 Å². The Morgan fingerprint density at radius 3 is 2.15 bits per heavy atom. The highest BCUT2D eigenvalue weighted by Gasteiger charge is 2.55. The number of ether oxygens (including phenoxy) is 3. The molecule has 7 heteroatoms. The minimum atomic E-state index is -1.78. The maximum Gasteiger partial charge on any atom is 0.192 e. The lowest BCUT2D eigenvalue weighted by atomic mass is 9.82. The molecule has 0 aromatic rings. The van der Waals surface area contributed by atoms with Crippen LogP contribution in [0.3, 0.4) is 0 Å². The number of aliphatic hydroxyl groups is 1. The molecular weight excluding hydrogens is 500 g/mol. The molecule has 0 aromatic heterocycles. The average Bonchev–Trinajstić information content (AvgIpc) is 3.54. The number of aliphatic hydroxyl groups excluding tert-OH is 1. The van der Waals surface area contributed by atoms with Crippen LogP contribution >= 0.6 is 15.9 Å². The van der Waals surface area contributed by atoms with Crippen molar-refractivity contribution in [3.63, 3.8) is 0 Å². The van der Waals surface area contributed by atoms with Crippen LogP contribution in [0.4, 0.5) is 0 Å². The lowest BCUT2D eigenvalue weighted by Crippen LogP contribution is -2.55. The summed E-state index contributed by atoms with van der Waals surface area (Å²) >= 11 is 3.72. The molecule has 3 heterocycles. The third kappa shape index (κ3) is 6.15. The predicted octanol–water partition coefficient (Wildman–Crippen LogP) is 6.13. The molecule has 0 bridgehead atoms. The molecule has 1 N–H and O–H groups in total. The molecule has 3 aliphatic rings. The van der Waals surface area contributed by atoms with Crippen molar-refractivity contribution in [2.75, 3.05) is 6.61 Å². The van der Waals surface area contributed by atoms with Crippen LogP contribution in [0.15, 0.2) is 12.2 Å². The summed E-state index contributed by atoms with van der Waals surface area (Å²) in [6, 6.07) is 0. The van der Waals surface area contributed by atoms with Gasteiger partial charge in [0.1, 0.15) is 17.8 Å². The monoisotopic (exact) mass is 546 g/mol. The summed E-state index contributed by atoms with van der Waals surface area (Å²) in [6.45, 7) is 22.5. The van der Waals surface area contributed by atoms with E-state index in [1.54, 1.807) is 0 Å². The van der Waals surface area contributed by atoms with Gasteiger partial charge < -0.3 is 23.7 Å². The Morgan fingerprint density at radius 1 is 1.06 bits per heavy atom. The lowest BCUT2D eigenvalue weighted by Gasteiger charge is -2.48. The molecule has 0 saturated carbocycles. The number of alkyl halides is 1. The molecule has 3 rings (SSSR count). The van der Waals surface area contributed by atoms with Gasteiger partial charge in [0.15, 0.2) is 8.32 Å². The fourth-order valence-corrected chi connectivity index (χ4v) is 5.90. The molecule has 3 saturated heterocycles. The number of hydrogen-bond acceptors (Lipinski definition) is 5. The van der Waals surface area contributed by atoms with Gasteiger partial charge in [-0.25, -0.2) is 0 Å². The predicted molar refractivity (Wildman–Crippen MR) is 140 cm³/mol. The Morgan fingerprint density at radius 2 is 1.61 bits per heavy atom. The number of epoxide rings is 2. The van der Waals surface area contributed by atoms with Gasteiger partial charge in [0.2, 0.25) is 0 Å². The summed E-state index contributed by atoms with van der Waals surface area (Å²) < 4.78 is 24.7. The zero-order chi connectivity index (χ0) is 25.1. The zero-order valence-electron chi connectivity index (χ0n) is 22.5. The van der Waals surface area contributed by atoms with Crippen molar-refractivity contribution < 1.29 is 23.7 Å². The van der Waals surface area contributed by atoms with Crippen molar-refractivity contribution in [2.45, 2.75) is 145 Å². The number of rotatable bonds is 9. The Kier molecular flexibility index (Phi) is 7.56. The van der Waals surface area contributed by atoms with E-state index in [-0.39, 0.29) is 34.0 Å². The summed E-state index contributed by atoms with van der Waals surface area (Å²) in [5.74, 6) is 0. The van der Waals surface area contributed by atoms with E-state index in [0.29, 0.717) is 17.9 Å². The molecule has 33 heavy (non-hydrogen) atoms. The maximum atomic E-state index is 11.0. The first-order chi connectivity index (χ1) is 14.8. The van der Waals surface area contributed by atoms with Crippen molar-refractivity contribution in [2.24, 2.45) is 0 Å². The molecule has 0 spiro atoms. The molecule has 0 unspecified atom stereocenters. The van der Waals surface area contributed by atoms with E-state index in [2.05, 4.69) is 89.6 Å². The third-order valence-corrected chi connectivity index (χ3v) is 14.7. The largest absolute Gasteiger partial charge is 0.414 e. The normalized spacial score (nSPS) is 41.9. The SMILES string of the molecule is CC1(C)O[C@](C)([C@H](O)CC[C@]2(C)O[C@H]2/C=C/[C@@H]2O[C@@]2(C)CO[Si](C)(C)C(C)(C)C)CC[C@H]1Br. The van der Waals surface area contributed by atoms with Gasteiger partial charge in [-0.15, -0.1) is 0 Å². The van der Waals surface area contributed by atoms with Crippen molar-refractivity contribution in [3.8, 4) is 0 Å². The van der Waals surface area contributed by atoms with Gasteiger partial charge in [-0.1, -0.05) is 48.9 Å². The molecule has 0 aromatic carbocycles. The smallest absolute Gasteiger partial charge is 0.192 e. The van der Waals surface area contributed by atoms with Crippen molar-refractivity contribution >= 4 is 24.2 Å². The molecule has 7 atom stereocenters. The van der Waals surface area contributed by atoms with Gasteiger partial charge in [-0.3, -0.25) is 0 Å². The maximum absolute atomic E-state index is 11.0. The Labute approximate surface area is 211 Å². The Bertz CT molecular complexity index is 749. The van der Waals surface area contributed by atoms with Gasteiger partial charge in [0.05, 0.1) is 29.5 Å². The first-order valence-electron chi connectivity index (χ1n) is 12.5. The summed E-state index contributed by atoms with van der Waals surface area (Å²) in [5.41, 5.74) is -1.26. The van der Waals surface area contributed by atoms with Gasteiger partial charge >= 0.3 is 0 Å². The first-order valence-corrected chi connectivity index (χ1v) is 16.4. The number of hydrogen-bond donors (Lipinski definition) is 1. The van der Waals surface area contributed by atoms with E-state index in [4.69, 9.17) is 18.6 Å². The second-order valence-corrected chi connectivity index (χ2v) is 19.1. The highest BCUT2D eigenvalue weighted by Crippen LogP contribution is 2.47. The van der Waals surface area contributed by atoms with Crippen LogP contribution in [0.2, 0.25) is 18.1 Å². The highest BCUT2D eigenvalue weighted by atomic mass is 79.9. The average molecular weight is 548 g/mol. The third-order valence-electron chi connectivity index (χ3n) is 8.63. The van der Waals surface area contributed by atoms with Crippen molar-refractivity contribution in [3.05, 3.63) is 12.2 Å². The molecule has 0 radical (unpaired) electrons. The topological polar surface area (TPSA) is 63.8 Å². The molecule has 0 amide bonds. The van der Waals surface area contributed by atoms with E-state index in [9.17, 15) is 5.11 Å².